The predicted molar refractivity (Wildman–Crippen MR) is 95.0 cm³/mol. The van der Waals surface area contributed by atoms with Gasteiger partial charge in [0.05, 0.1) is 5.69 Å². The molecule has 0 bridgehead atoms. The molecule has 25 heavy (non-hydrogen) atoms. The average molecular weight is 334 g/mol. The van der Waals surface area contributed by atoms with Crippen molar-refractivity contribution in [2.45, 2.75) is 12.8 Å². The number of benzene rings is 2. The summed E-state index contributed by atoms with van der Waals surface area (Å²) in [6.45, 7) is 1.42. The molecule has 1 aliphatic rings. The highest BCUT2D eigenvalue weighted by atomic mass is 16.3. The number of hydrogen-bond acceptors (Lipinski definition) is 4. The van der Waals surface area contributed by atoms with Crippen molar-refractivity contribution in [1.82, 2.24) is 4.98 Å². The lowest BCUT2D eigenvalue weighted by atomic mass is 9.95. The van der Waals surface area contributed by atoms with Crippen molar-refractivity contribution in [3.63, 3.8) is 0 Å². The summed E-state index contributed by atoms with van der Waals surface area (Å²) in [5, 5.41) is 9.33. The number of amides is 2. The normalized spacial score (nSPS) is 15.7. The Labute approximate surface area is 142 Å². The van der Waals surface area contributed by atoms with Crippen LogP contribution in [0.5, 0.6) is 0 Å². The van der Waals surface area contributed by atoms with Gasteiger partial charge in [0.1, 0.15) is 11.6 Å². The molecule has 0 radical (unpaired) electrons. The summed E-state index contributed by atoms with van der Waals surface area (Å²) in [6.07, 6.45) is 0. The average Bonchev–Trinajstić information content (AvgIpc) is 3.09. The molecule has 0 spiro atoms. The minimum Gasteiger partial charge on any atom is -0.356 e. The molecule has 1 aromatic heterocycles. The highest BCUT2D eigenvalue weighted by Gasteiger charge is 2.36. The van der Waals surface area contributed by atoms with Gasteiger partial charge < -0.3 is 15.6 Å². The van der Waals surface area contributed by atoms with E-state index in [4.69, 9.17) is 0 Å². The Morgan fingerprint density at radius 3 is 2.76 bits per heavy atom. The number of nitrogens with one attached hydrogen (secondary N) is 3. The van der Waals surface area contributed by atoms with E-state index in [9.17, 15) is 14.5 Å². The van der Waals surface area contributed by atoms with Crippen LogP contribution in [0, 0.1) is 4.91 Å². The summed E-state index contributed by atoms with van der Waals surface area (Å²) in [7, 11) is 0. The Kier molecular flexibility index (Phi) is 3.35. The van der Waals surface area contributed by atoms with Gasteiger partial charge in [-0.1, -0.05) is 18.2 Å². The van der Waals surface area contributed by atoms with Gasteiger partial charge in [-0.3, -0.25) is 9.59 Å². The molecule has 3 N–H and O–H groups in total. The molecular weight excluding hydrogens is 320 g/mol. The van der Waals surface area contributed by atoms with Gasteiger partial charge in [-0.15, -0.1) is 4.91 Å². The molecule has 1 aliphatic heterocycles. The second-order valence-corrected chi connectivity index (χ2v) is 5.93. The molecule has 2 amide bonds. The molecule has 1 atom stereocenters. The van der Waals surface area contributed by atoms with Gasteiger partial charge in [-0.25, -0.2) is 0 Å². The number of H-pyrrole nitrogens is 1. The first-order valence-electron chi connectivity index (χ1n) is 7.75. The fourth-order valence-electron chi connectivity index (χ4n) is 3.28. The van der Waals surface area contributed by atoms with Crippen LogP contribution in [0.4, 0.5) is 17.1 Å². The monoisotopic (exact) mass is 334 g/mol. The van der Waals surface area contributed by atoms with Crippen molar-refractivity contribution in [1.29, 1.82) is 0 Å². The summed E-state index contributed by atoms with van der Waals surface area (Å²) in [6, 6.07) is 12.4. The molecule has 7 nitrogen and oxygen atoms in total. The zero-order valence-corrected chi connectivity index (χ0v) is 13.3. The van der Waals surface area contributed by atoms with Crippen molar-refractivity contribution in [3.8, 4) is 0 Å². The van der Waals surface area contributed by atoms with Crippen LogP contribution in [0.15, 0.2) is 47.6 Å². The predicted octanol–water partition coefficient (Wildman–Crippen LogP) is 3.61. The van der Waals surface area contributed by atoms with Crippen molar-refractivity contribution < 1.29 is 9.59 Å². The molecule has 7 heteroatoms. The summed E-state index contributed by atoms with van der Waals surface area (Å²) in [5.41, 5.74) is 3.35. The standard InChI is InChI=1S/C18H14N4O3/c1-9(23)19-10-6-7-14-12(8-10)15(18(24)21-14)17-16(22-25)11-4-2-3-5-13(11)20-17/h2-8,15,20H,1H3,(H,19,23)(H,21,24). The number of nitrogens with zero attached hydrogens (tertiary/aromatic N) is 1. The number of aromatic nitrogens is 1. The van der Waals surface area contributed by atoms with Gasteiger partial charge in [-0.05, 0) is 35.0 Å². The number of para-hydroxylation sites is 1. The minimum absolute atomic E-state index is 0.199. The maximum Gasteiger partial charge on any atom is 0.238 e. The third kappa shape index (κ3) is 2.37. The molecule has 1 unspecified atom stereocenters. The molecule has 4 rings (SSSR count). The van der Waals surface area contributed by atoms with Gasteiger partial charge in [0, 0.05) is 29.2 Å². The van der Waals surface area contributed by atoms with Gasteiger partial charge in [0.2, 0.25) is 11.8 Å². The fraction of sp³-hybridized carbons (Fsp3) is 0.111. The van der Waals surface area contributed by atoms with Crippen LogP contribution in [-0.4, -0.2) is 16.8 Å². The molecular formula is C18H14N4O3. The molecule has 2 heterocycles. The fourth-order valence-corrected chi connectivity index (χ4v) is 3.28. The van der Waals surface area contributed by atoms with Crippen LogP contribution < -0.4 is 10.6 Å². The van der Waals surface area contributed by atoms with E-state index < -0.39 is 5.92 Å². The van der Waals surface area contributed by atoms with E-state index >= 15 is 0 Å². The van der Waals surface area contributed by atoms with Crippen molar-refractivity contribution >= 4 is 39.8 Å². The van der Waals surface area contributed by atoms with E-state index in [1.807, 2.05) is 18.2 Å². The third-order valence-corrected chi connectivity index (χ3v) is 4.29. The van der Waals surface area contributed by atoms with Gasteiger partial charge in [0.25, 0.3) is 0 Å². The summed E-state index contributed by atoms with van der Waals surface area (Å²) in [5.74, 6) is -1.13. The molecule has 0 fully saturated rings. The van der Waals surface area contributed by atoms with E-state index in [2.05, 4.69) is 20.8 Å². The third-order valence-electron chi connectivity index (χ3n) is 4.29. The highest BCUT2D eigenvalue weighted by molar-refractivity contribution is 6.08. The Hall–Kier alpha value is -3.48. The first-order chi connectivity index (χ1) is 12.1. The molecule has 3 aromatic rings. The Bertz CT molecular complexity index is 1040. The topological polar surface area (TPSA) is 103 Å². The molecule has 0 saturated carbocycles. The number of aromatic amines is 1. The molecule has 2 aromatic carbocycles. The number of carbonyl (C=O) groups excluding carboxylic acids is 2. The molecule has 0 aliphatic carbocycles. The Balaban J connectivity index is 1.89. The van der Waals surface area contributed by atoms with Crippen molar-refractivity contribution in [2.75, 3.05) is 10.6 Å². The van der Waals surface area contributed by atoms with Crippen molar-refractivity contribution in [3.05, 3.63) is 58.6 Å². The Morgan fingerprint density at radius 1 is 1.20 bits per heavy atom. The Morgan fingerprint density at radius 2 is 2.00 bits per heavy atom. The van der Waals surface area contributed by atoms with E-state index in [1.54, 1.807) is 24.3 Å². The van der Waals surface area contributed by atoms with Crippen molar-refractivity contribution in [2.24, 2.45) is 5.18 Å². The van der Waals surface area contributed by atoms with Gasteiger partial charge in [-0.2, -0.15) is 0 Å². The lowest BCUT2D eigenvalue weighted by Crippen LogP contribution is -2.13. The lowest BCUT2D eigenvalue weighted by molar-refractivity contribution is -0.116. The van der Waals surface area contributed by atoms with E-state index in [-0.39, 0.29) is 17.5 Å². The first kappa shape index (κ1) is 15.1. The number of anilines is 2. The van der Waals surface area contributed by atoms with Gasteiger partial charge >= 0.3 is 0 Å². The van der Waals surface area contributed by atoms with Crippen LogP contribution in [-0.2, 0) is 9.59 Å². The first-order valence-corrected chi connectivity index (χ1v) is 7.75. The largest absolute Gasteiger partial charge is 0.356 e. The zero-order chi connectivity index (χ0) is 17.6. The number of nitroso groups, excluding NO2 is 1. The SMILES string of the molecule is CC(=O)Nc1ccc2c(c1)C(c1[nH]c3ccccc3c1N=O)C(=O)N2. The molecule has 124 valence electrons. The second-order valence-electron chi connectivity index (χ2n) is 5.93. The van der Waals surface area contributed by atoms with E-state index in [1.165, 1.54) is 6.92 Å². The highest BCUT2D eigenvalue weighted by Crippen LogP contribution is 2.44. The van der Waals surface area contributed by atoms with E-state index in [0.717, 1.165) is 5.52 Å². The molecule has 0 saturated heterocycles. The number of carbonyl (C=O) groups is 2. The zero-order valence-electron chi connectivity index (χ0n) is 13.3. The number of fused-ring (bicyclic) bond motifs is 2. The van der Waals surface area contributed by atoms with Crippen LogP contribution in [0.3, 0.4) is 0 Å². The smallest absolute Gasteiger partial charge is 0.238 e. The summed E-state index contributed by atoms with van der Waals surface area (Å²) in [4.78, 5) is 38.4. The maximum atomic E-state index is 12.5. The van der Waals surface area contributed by atoms with Crippen LogP contribution in [0.1, 0.15) is 24.1 Å². The number of rotatable bonds is 3. The maximum absolute atomic E-state index is 12.5. The van der Waals surface area contributed by atoms with Crippen LogP contribution in [0.2, 0.25) is 0 Å². The second kappa shape index (κ2) is 5.55. The minimum atomic E-state index is -0.691. The quantitative estimate of drug-likeness (QED) is 0.637. The lowest BCUT2D eigenvalue weighted by Gasteiger charge is -2.09. The number of hydrogen-bond donors (Lipinski definition) is 3. The summed E-state index contributed by atoms with van der Waals surface area (Å²) < 4.78 is 0. The van der Waals surface area contributed by atoms with Gasteiger partial charge in [0.15, 0.2) is 0 Å². The van der Waals surface area contributed by atoms with E-state index in [0.29, 0.717) is 28.0 Å². The van der Waals surface area contributed by atoms with Crippen LogP contribution in [0.25, 0.3) is 10.9 Å². The van der Waals surface area contributed by atoms with Crippen LogP contribution >= 0.6 is 0 Å². The summed E-state index contributed by atoms with van der Waals surface area (Å²) >= 11 is 0.